The molecule has 0 fully saturated rings. The molecule has 0 aliphatic rings. The van der Waals surface area contributed by atoms with Gasteiger partial charge < -0.3 is 0 Å². The quantitative estimate of drug-likeness (QED) is 0.368. The molecule has 0 amide bonds. The van der Waals surface area contributed by atoms with Crippen molar-refractivity contribution in [2.24, 2.45) is 0 Å². The average molecular weight is 352 g/mol. The van der Waals surface area contributed by atoms with Gasteiger partial charge in [-0.3, -0.25) is 4.40 Å². The normalized spacial score (nSPS) is 11.7. The van der Waals surface area contributed by atoms with Crippen LogP contribution in [-0.4, -0.2) is 9.38 Å². The van der Waals surface area contributed by atoms with Crippen LogP contribution in [0.2, 0.25) is 5.02 Å². The Hall–Kier alpha value is -2.68. The molecule has 0 unspecified atom stereocenters. The molecular formula is C18H7ClFN3S. The standard InChI is InChI=1S/C18H7ClFN3S/c19-15-11(8-21)18-22-12-3-1-2-4-13(12)23(18)16-10-6-5-9(20)7-14(10)24-17(15)16/h1-7H. The summed E-state index contributed by atoms with van der Waals surface area (Å²) >= 11 is 7.89. The van der Waals surface area contributed by atoms with E-state index >= 15 is 0 Å². The minimum absolute atomic E-state index is 0.294. The molecule has 0 saturated carbocycles. The Morgan fingerprint density at radius 2 is 2.04 bits per heavy atom. The zero-order valence-corrected chi connectivity index (χ0v) is 13.6. The van der Waals surface area contributed by atoms with Gasteiger partial charge in [0.15, 0.2) is 5.65 Å². The molecule has 0 aliphatic carbocycles. The van der Waals surface area contributed by atoms with Crippen molar-refractivity contribution < 1.29 is 4.39 Å². The zero-order chi connectivity index (χ0) is 16.4. The van der Waals surface area contributed by atoms with Crippen molar-refractivity contribution in [3.05, 3.63) is 58.9 Å². The van der Waals surface area contributed by atoms with Crippen molar-refractivity contribution in [2.45, 2.75) is 0 Å². The first kappa shape index (κ1) is 13.7. The summed E-state index contributed by atoms with van der Waals surface area (Å²) in [4.78, 5) is 4.59. The molecule has 114 valence electrons. The molecule has 3 nitrogen and oxygen atoms in total. The summed E-state index contributed by atoms with van der Waals surface area (Å²) in [6.45, 7) is 0. The van der Waals surface area contributed by atoms with Gasteiger partial charge in [-0.05, 0) is 30.3 Å². The summed E-state index contributed by atoms with van der Waals surface area (Å²) in [5.41, 5.74) is 3.42. The van der Waals surface area contributed by atoms with E-state index in [1.165, 1.54) is 23.5 Å². The van der Waals surface area contributed by atoms with E-state index in [-0.39, 0.29) is 5.82 Å². The monoisotopic (exact) mass is 351 g/mol. The fourth-order valence-electron chi connectivity index (χ4n) is 3.16. The fourth-order valence-corrected chi connectivity index (χ4v) is 4.65. The lowest BCUT2D eigenvalue weighted by atomic mass is 10.2. The molecule has 24 heavy (non-hydrogen) atoms. The molecule has 0 aliphatic heterocycles. The van der Waals surface area contributed by atoms with Crippen LogP contribution >= 0.6 is 22.9 Å². The molecule has 3 aromatic heterocycles. The van der Waals surface area contributed by atoms with Gasteiger partial charge in [-0.1, -0.05) is 23.7 Å². The third kappa shape index (κ3) is 1.62. The number of aromatic nitrogens is 2. The fraction of sp³-hybridized carbons (Fsp3) is 0. The molecule has 0 saturated heterocycles. The smallest absolute Gasteiger partial charge is 0.158 e. The van der Waals surface area contributed by atoms with E-state index in [2.05, 4.69) is 11.1 Å². The Labute approximate surface area is 144 Å². The maximum Gasteiger partial charge on any atom is 0.158 e. The SMILES string of the molecule is N#Cc1c(Cl)c2sc3cc(F)ccc3c2n2c1nc1ccccc12. The first-order chi connectivity index (χ1) is 11.7. The molecule has 3 heterocycles. The molecule has 6 heteroatoms. The third-order valence-corrected chi connectivity index (χ3v) is 5.81. The number of thiophene rings is 1. The molecule has 0 radical (unpaired) electrons. The summed E-state index contributed by atoms with van der Waals surface area (Å²) in [6.07, 6.45) is 0. The van der Waals surface area contributed by atoms with Crippen LogP contribution in [0.1, 0.15) is 5.56 Å². The van der Waals surface area contributed by atoms with E-state index in [0.29, 0.717) is 16.2 Å². The van der Waals surface area contributed by atoms with E-state index in [4.69, 9.17) is 11.6 Å². The Balaban J connectivity index is 2.20. The van der Waals surface area contributed by atoms with Gasteiger partial charge >= 0.3 is 0 Å². The molecule has 5 rings (SSSR count). The highest BCUT2D eigenvalue weighted by Gasteiger charge is 2.21. The van der Waals surface area contributed by atoms with Crippen LogP contribution in [0.25, 0.3) is 37.0 Å². The van der Waals surface area contributed by atoms with Gasteiger partial charge in [0, 0.05) is 10.1 Å². The van der Waals surface area contributed by atoms with Crippen molar-refractivity contribution in [2.75, 3.05) is 0 Å². The molecule has 0 spiro atoms. The average Bonchev–Trinajstić information content (AvgIpc) is 3.13. The minimum Gasteiger partial charge on any atom is -0.290 e. The van der Waals surface area contributed by atoms with Crippen LogP contribution in [-0.2, 0) is 0 Å². The summed E-state index contributed by atoms with van der Waals surface area (Å²) in [6, 6.07) is 14.5. The molecule has 0 bridgehead atoms. The van der Waals surface area contributed by atoms with Gasteiger partial charge in [0.1, 0.15) is 17.4 Å². The minimum atomic E-state index is -0.294. The number of hydrogen-bond acceptors (Lipinski definition) is 3. The highest BCUT2D eigenvalue weighted by molar-refractivity contribution is 7.26. The number of hydrogen-bond donors (Lipinski definition) is 0. The van der Waals surface area contributed by atoms with E-state index < -0.39 is 0 Å². The molecule has 2 aromatic carbocycles. The van der Waals surface area contributed by atoms with Crippen LogP contribution in [0.3, 0.4) is 0 Å². The summed E-state index contributed by atoms with van der Waals surface area (Å²) < 4.78 is 17.1. The van der Waals surface area contributed by atoms with E-state index in [1.807, 2.05) is 28.7 Å². The molecule has 5 aromatic rings. The number of imidazole rings is 1. The Bertz CT molecular complexity index is 1340. The Morgan fingerprint density at radius 1 is 1.21 bits per heavy atom. The number of para-hydroxylation sites is 2. The van der Waals surface area contributed by atoms with Crippen LogP contribution in [0, 0.1) is 17.1 Å². The Morgan fingerprint density at radius 3 is 2.88 bits per heavy atom. The van der Waals surface area contributed by atoms with Gasteiger partial charge in [0.05, 0.1) is 26.3 Å². The Kier molecular flexibility index (Phi) is 2.67. The highest BCUT2D eigenvalue weighted by atomic mass is 35.5. The van der Waals surface area contributed by atoms with Crippen LogP contribution in [0.5, 0.6) is 0 Å². The van der Waals surface area contributed by atoms with Crippen molar-refractivity contribution in [1.29, 1.82) is 5.26 Å². The van der Waals surface area contributed by atoms with Crippen LogP contribution in [0.4, 0.5) is 4.39 Å². The predicted molar refractivity (Wildman–Crippen MR) is 95.3 cm³/mol. The van der Waals surface area contributed by atoms with Crippen molar-refractivity contribution >= 4 is 59.9 Å². The predicted octanol–water partition coefficient (Wildman–Crippen LogP) is 5.52. The number of nitriles is 1. The maximum atomic E-state index is 13.6. The van der Waals surface area contributed by atoms with E-state index in [0.717, 1.165) is 31.3 Å². The lowest BCUT2D eigenvalue weighted by Crippen LogP contribution is -1.92. The zero-order valence-electron chi connectivity index (χ0n) is 12.0. The summed E-state index contributed by atoms with van der Waals surface area (Å²) in [5, 5.41) is 10.8. The summed E-state index contributed by atoms with van der Waals surface area (Å²) in [5.74, 6) is -0.294. The second kappa shape index (κ2) is 4.67. The van der Waals surface area contributed by atoms with Crippen molar-refractivity contribution in [3.8, 4) is 6.07 Å². The summed E-state index contributed by atoms with van der Waals surface area (Å²) in [7, 11) is 0. The van der Waals surface area contributed by atoms with Gasteiger partial charge in [-0.2, -0.15) is 5.26 Å². The van der Waals surface area contributed by atoms with E-state index in [1.54, 1.807) is 6.07 Å². The largest absolute Gasteiger partial charge is 0.290 e. The second-order valence-electron chi connectivity index (χ2n) is 5.48. The highest BCUT2D eigenvalue weighted by Crippen LogP contribution is 2.42. The number of pyridine rings is 1. The lowest BCUT2D eigenvalue weighted by molar-refractivity contribution is 0.630. The third-order valence-electron chi connectivity index (χ3n) is 4.16. The van der Waals surface area contributed by atoms with Crippen LogP contribution < -0.4 is 0 Å². The van der Waals surface area contributed by atoms with Gasteiger partial charge in [-0.15, -0.1) is 11.3 Å². The number of fused-ring (bicyclic) bond motifs is 7. The van der Waals surface area contributed by atoms with Crippen molar-refractivity contribution in [1.82, 2.24) is 9.38 Å². The number of benzene rings is 2. The van der Waals surface area contributed by atoms with Crippen molar-refractivity contribution in [3.63, 3.8) is 0 Å². The maximum absolute atomic E-state index is 13.6. The number of rotatable bonds is 0. The first-order valence-corrected chi connectivity index (χ1v) is 8.39. The van der Waals surface area contributed by atoms with Crippen LogP contribution in [0.15, 0.2) is 42.5 Å². The second-order valence-corrected chi connectivity index (χ2v) is 6.91. The molecule has 0 N–H and O–H groups in total. The molecule has 0 atom stereocenters. The number of nitrogens with zero attached hydrogens (tertiary/aromatic N) is 3. The topological polar surface area (TPSA) is 41.1 Å². The van der Waals surface area contributed by atoms with Gasteiger partial charge in [-0.25, -0.2) is 9.37 Å². The van der Waals surface area contributed by atoms with Gasteiger partial charge in [0.25, 0.3) is 0 Å². The van der Waals surface area contributed by atoms with Gasteiger partial charge in [0.2, 0.25) is 0 Å². The first-order valence-electron chi connectivity index (χ1n) is 7.19. The lowest BCUT2D eigenvalue weighted by Gasteiger charge is -2.04. The van der Waals surface area contributed by atoms with E-state index in [9.17, 15) is 9.65 Å². The number of halogens is 2. The molecular weight excluding hydrogens is 345 g/mol.